The zero-order valence-corrected chi connectivity index (χ0v) is 10.3. The minimum Gasteiger partial charge on any atom is -0.309 e. The van der Waals surface area contributed by atoms with Gasteiger partial charge in [-0.1, -0.05) is 18.7 Å². The zero-order valence-electron chi connectivity index (χ0n) is 10.3. The topological polar surface area (TPSA) is 29.0 Å². The van der Waals surface area contributed by atoms with Crippen LogP contribution in [0.5, 0.6) is 0 Å². The van der Waals surface area contributed by atoms with E-state index in [-0.39, 0.29) is 0 Å². The maximum absolute atomic E-state index is 4.62. The van der Waals surface area contributed by atoms with E-state index in [1.54, 1.807) is 0 Å². The Morgan fingerprint density at radius 2 is 2.12 bits per heavy atom. The second-order valence-corrected chi connectivity index (χ2v) is 4.37. The predicted molar refractivity (Wildman–Crippen MR) is 71.9 cm³/mol. The fraction of sp³-hybridized carbons (Fsp3) is 0.286. The number of benzene rings is 1. The summed E-state index contributed by atoms with van der Waals surface area (Å²) in [6.07, 6.45) is 4.61. The highest BCUT2D eigenvalue weighted by molar-refractivity contribution is 5.77. The molecular formula is C14H17N3. The Morgan fingerprint density at radius 1 is 1.29 bits per heavy atom. The Hall–Kier alpha value is -1.74. The Labute approximate surface area is 102 Å². The summed E-state index contributed by atoms with van der Waals surface area (Å²) in [5, 5.41) is 0. The summed E-state index contributed by atoms with van der Waals surface area (Å²) in [4.78, 5) is 11.2. The quantitative estimate of drug-likeness (QED) is 0.803. The first kappa shape index (κ1) is 11.7. The van der Waals surface area contributed by atoms with Gasteiger partial charge < -0.3 is 4.90 Å². The third-order valence-electron chi connectivity index (χ3n) is 2.67. The molecule has 3 nitrogen and oxygen atoms in total. The molecule has 0 unspecified atom stereocenters. The van der Waals surface area contributed by atoms with Crippen LogP contribution in [0.4, 0.5) is 0 Å². The van der Waals surface area contributed by atoms with Crippen LogP contribution in [0.2, 0.25) is 0 Å². The van der Waals surface area contributed by atoms with Crippen molar-refractivity contribution >= 4 is 17.1 Å². The van der Waals surface area contributed by atoms with Gasteiger partial charge in [0.25, 0.3) is 0 Å². The molecule has 88 valence electrons. The van der Waals surface area contributed by atoms with E-state index in [0.717, 1.165) is 35.3 Å². The molecule has 0 bridgehead atoms. The third kappa shape index (κ3) is 2.88. The van der Waals surface area contributed by atoms with Crippen LogP contribution in [0, 0.1) is 0 Å². The molecule has 0 saturated carbocycles. The van der Waals surface area contributed by atoms with E-state index in [9.17, 15) is 0 Å². The van der Waals surface area contributed by atoms with Crippen LogP contribution in [0.25, 0.3) is 17.1 Å². The van der Waals surface area contributed by atoms with Crippen molar-refractivity contribution in [1.29, 1.82) is 0 Å². The number of hydrogen-bond acceptors (Lipinski definition) is 3. The van der Waals surface area contributed by atoms with Gasteiger partial charge in [-0.15, -0.1) is 0 Å². The van der Waals surface area contributed by atoms with E-state index >= 15 is 0 Å². The summed E-state index contributed by atoms with van der Waals surface area (Å²) >= 11 is 0. The second kappa shape index (κ2) is 5.06. The third-order valence-corrected chi connectivity index (χ3v) is 2.67. The Kier molecular flexibility index (Phi) is 3.49. The lowest BCUT2D eigenvalue weighted by atomic mass is 10.2. The van der Waals surface area contributed by atoms with Crippen molar-refractivity contribution < 1.29 is 0 Å². The summed E-state index contributed by atoms with van der Waals surface area (Å²) in [6, 6.07) is 6.01. The Morgan fingerprint density at radius 3 is 2.82 bits per heavy atom. The number of fused-ring (bicyclic) bond motifs is 1. The molecule has 0 amide bonds. The summed E-state index contributed by atoms with van der Waals surface area (Å²) in [7, 11) is 4.12. The van der Waals surface area contributed by atoms with Crippen molar-refractivity contribution in [2.45, 2.75) is 6.42 Å². The molecule has 0 aliphatic rings. The summed E-state index contributed by atoms with van der Waals surface area (Å²) in [5.74, 6) is 0. The van der Waals surface area contributed by atoms with Crippen molar-refractivity contribution in [2.75, 3.05) is 20.6 Å². The van der Waals surface area contributed by atoms with Crippen molar-refractivity contribution in [2.24, 2.45) is 0 Å². The van der Waals surface area contributed by atoms with Crippen LogP contribution < -0.4 is 0 Å². The highest BCUT2D eigenvalue weighted by Gasteiger charge is 2.01. The van der Waals surface area contributed by atoms with Crippen molar-refractivity contribution in [1.82, 2.24) is 14.9 Å². The second-order valence-electron chi connectivity index (χ2n) is 4.37. The molecule has 1 aromatic heterocycles. The summed E-state index contributed by atoms with van der Waals surface area (Å²) in [5.41, 5.74) is 3.99. The molecule has 0 aliphatic heterocycles. The van der Waals surface area contributed by atoms with Crippen molar-refractivity contribution in [3.63, 3.8) is 0 Å². The highest BCUT2D eigenvalue weighted by atomic mass is 15.0. The molecule has 0 spiro atoms. The van der Waals surface area contributed by atoms with Gasteiger partial charge in [0.1, 0.15) is 0 Å². The molecular weight excluding hydrogens is 210 g/mol. The van der Waals surface area contributed by atoms with Gasteiger partial charge in [0, 0.05) is 19.2 Å². The van der Waals surface area contributed by atoms with Gasteiger partial charge in [-0.2, -0.15) is 0 Å². The maximum Gasteiger partial charge on any atom is 0.0896 e. The van der Waals surface area contributed by atoms with Crippen LogP contribution in [0.15, 0.2) is 31.0 Å². The minimum absolute atomic E-state index is 0.925. The fourth-order valence-corrected chi connectivity index (χ4v) is 1.65. The maximum atomic E-state index is 4.62. The van der Waals surface area contributed by atoms with Gasteiger partial charge in [0.15, 0.2) is 0 Å². The van der Waals surface area contributed by atoms with Crippen LogP contribution in [-0.4, -0.2) is 35.5 Å². The van der Waals surface area contributed by atoms with Gasteiger partial charge in [-0.3, -0.25) is 4.98 Å². The average molecular weight is 227 g/mol. The highest BCUT2D eigenvalue weighted by Crippen LogP contribution is 2.13. The molecule has 2 rings (SSSR count). The van der Waals surface area contributed by atoms with Crippen LogP contribution >= 0.6 is 0 Å². The first-order valence-electron chi connectivity index (χ1n) is 5.72. The van der Waals surface area contributed by atoms with Crippen molar-refractivity contribution in [3.8, 4) is 0 Å². The molecule has 3 heteroatoms. The molecule has 0 aliphatic carbocycles. The van der Waals surface area contributed by atoms with Gasteiger partial charge in [-0.05, 0) is 31.8 Å². The average Bonchev–Trinajstić information content (AvgIpc) is 2.35. The molecule has 1 aromatic carbocycles. The normalized spacial score (nSPS) is 11.0. The van der Waals surface area contributed by atoms with E-state index in [4.69, 9.17) is 0 Å². The first-order valence-corrected chi connectivity index (χ1v) is 5.72. The summed E-state index contributed by atoms with van der Waals surface area (Å²) < 4.78 is 0. The van der Waals surface area contributed by atoms with E-state index in [1.807, 2.05) is 30.5 Å². The van der Waals surface area contributed by atoms with E-state index < -0.39 is 0 Å². The monoisotopic (exact) mass is 227 g/mol. The molecule has 2 aromatic rings. The molecule has 0 fully saturated rings. The van der Waals surface area contributed by atoms with Gasteiger partial charge in [0.05, 0.1) is 16.7 Å². The number of likely N-dealkylation sites (N-methyl/N-ethyl adjacent to an activating group) is 1. The minimum atomic E-state index is 0.925. The number of nitrogens with zero attached hydrogens (tertiary/aromatic N) is 3. The summed E-state index contributed by atoms with van der Waals surface area (Å²) in [6.45, 7) is 4.75. The Balaban J connectivity index is 2.31. The van der Waals surface area contributed by atoms with Crippen LogP contribution in [-0.2, 0) is 6.42 Å². The van der Waals surface area contributed by atoms with Gasteiger partial charge in [-0.25, -0.2) is 4.98 Å². The largest absolute Gasteiger partial charge is 0.309 e. The van der Waals surface area contributed by atoms with E-state index in [0.29, 0.717) is 0 Å². The predicted octanol–water partition coefficient (Wildman–Crippen LogP) is 2.38. The lowest BCUT2D eigenvalue weighted by Gasteiger charge is -2.08. The van der Waals surface area contributed by atoms with Crippen LogP contribution in [0.1, 0.15) is 11.3 Å². The smallest absolute Gasteiger partial charge is 0.0896 e. The molecule has 0 N–H and O–H groups in total. The molecule has 17 heavy (non-hydrogen) atoms. The molecule has 0 atom stereocenters. The first-order chi connectivity index (χ1) is 8.19. The number of hydrogen-bond donors (Lipinski definition) is 0. The van der Waals surface area contributed by atoms with Gasteiger partial charge in [0.2, 0.25) is 0 Å². The number of rotatable bonds is 4. The molecule has 0 radical (unpaired) electrons. The lowest BCUT2D eigenvalue weighted by Crippen LogP contribution is -2.15. The van der Waals surface area contributed by atoms with Crippen molar-refractivity contribution in [3.05, 3.63) is 42.2 Å². The SMILES string of the molecule is C=Cc1ccc2ncc(CCN(C)C)nc2c1. The lowest BCUT2D eigenvalue weighted by molar-refractivity contribution is 0.412. The molecule has 0 saturated heterocycles. The molecule has 1 heterocycles. The van der Waals surface area contributed by atoms with Gasteiger partial charge >= 0.3 is 0 Å². The Bertz CT molecular complexity index is 532. The standard InChI is InChI=1S/C14H17N3/c1-4-11-5-6-13-14(9-11)16-12(10-15-13)7-8-17(2)3/h4-6,9-10H,1,7-8H2,2-3H3. The van der Waals surface area contributed by atoms with E-state index in [2.05, 4.69) is 35.5 Å². The number of aromatic nitrogens is 2. The van der Waals surface area contributed by atoms with Crippen LogP contribution in [0.3, 0.4) is 0 Å². The fourth-order valence-electron chi connectivity index (χ4n) is 1.65. The van der Waals surface area contributed by atoms with E-state index in [1.165, 1.54) is 0 Å². The zero-order chi connectivity index (χ0) is 12.3.